The summed E-state index contributed by atoms with van der Waals surface area (Å²) in [6.45, 7) is 2.01. The van der Waals surface area contributed by atoms with Gasteiger partial charge >= 0.3 is 0 Å². The van der Waals surface area contributed by atoms with Crippen molar-refractivity contribution in [1.82, 2.24) is 5.32 Å². The minimum absolute atomic E-state index is 0.398. The minimum atomic E-state index is -0.686. The van der Waals surface area contributed by atoms with Crippen LogP contribution in [-0.2, 0) is 4.74 Å². The van der Waals surface area contributed by atoms with E-state index < -0.39 is 6.10 Å². The van der Waals surface area contributed by atoms with E-state index in [1.54, 1.807) is 18.2 Å². The maximum Gasteiger partial charge on any atom is 0.0943 e. The molecule has 1 aromatic carbocycles. The zero-order valence-corrected chi connectivity index (χ0v) is 11.5. The average Bonchev–Trinajstić information content (AvgIpc) is 2.37. The van der Waals surface area contributed by atoms with E-state index in [2.05, 4.69) is 5.32 Å². The third kappa shape index (κ3) is 3.59. The van der Waals surface area contributed by atoms with Crippen LogP contribution in [0.2, 0.25) is 10.0 Å². The molecule has 0 amide bonds. The molecule has 0 bridgehead atoms. The normalized spacial score (nSPS) is 18.8. The van der Waals surface area contributed by atoms with Crippen molar-refractivity contribution in [2.24, 2.45) is 0 Å². The number of hydrogen-bond acceptors (Lipinski definition) is 3. The third-order valence-corrected chi connectivity index (χ3v) is 3.81. The molecule has 2 rings (SSSR count). The summed E-state index contributed by atoms with van der Waals surface area (Å²) in [5.41, 5.74) is 0.598. The van der Waals surface area contributed by atoms with Crippen LogP contribution in [0.5, 0.6) is 0 Å². The number of halogens is 2. The van der Waals surface area contributed by atoms with Crippen LogP contribution in [-0.4, -0.2) is 30.9 Å². The van der Waals surface area contributed by atoms with Crippen molar-refractivity contribution in [2.75, 3.05) is 19.8 Å². The molecular weight excluding hydrogens is 273 g/mol. The second kappa shape index (κ2) is 6.73. The van der Waals surface area contributed by atoms with Crippen molar-refractivity contribution in [3.8, 4) is 0 Å². The fourth-order valence-corrected chi connectivity index (χ4v) is 2.76. The molecule has 1 aliphatic rings. The second-order valence-corrected chi connectivity index (χ2v) is 5.26. The molecule has 1 aromatic rings. The van der Waals surface area contributed by atoms with Crippen LogP contribution in [0, 0.1) is 0 Å². The quantitative estimate of drug-likeness (QED) is 0.896. The summed E-state index contributed by atoms with van der Waals surface area (Å²) < 4.78 is 5.28. The molecule has 2 N–H and O–H groups in total. The number of aliphatic hydroxyl groups is 1. The van der Waals surface area contributed by atoms with E-state index in [0.29, 0.717) is 28.2 Å². The van der Waals surface area contributed by atoms with Crippen LogP contribution in [0.15, 0.2) is 18.2 Å². The van der Waals surface area contributed by atoms with Crippen molar-refractivity contribution in [3.05, 3.63) is 33.8 Å². The van der Waals surface area contributed by atoms with Crippen LogP contribution in [0.1, 0.15) is 24.5 Å². The van der Waals surface area contributed by atoms with Gasteiger partial charge in [0.15, 0.2) is 0 Å². The Morgan fingerprint density at radius 3 is 2.50 bits per heavy atom. The summed E-state index contributed by atoms with van der Waals surface area (Å²) in [6, 6.07) is 5.64. The minimum Gasteiger partial charge on any atom is -0.387 e. The first-order valence-electron chi connectivity index (χ1n) is 6.11. The first-order chi connectivity index (χ1) is 8.68. The lowest BCUT2D eigenvalue weighted by atomic mass is 10.1. The van der Waals surface area contributed by atoms with Gasteiger partial charge in [-0.05, 0) is 25.0 Å². The molecular formula is C13H17Cl2NO2. The Labute approximate surface area is 117 Å². The molecule has 3 nitrogen and oxygen atoms in total. The second-order valence-electron chi connectivity index (χ2n) is 4.45. The van der Waals surface area contributed by atoms with E-state index in [1.165, 1.54) is 0 Å². The molecule has 0 aliphatic carbocycles. The van der Waals surface area contributed by atoms with Crippen molar-refractivity contribution in [3.63, 3.8) is 0 Å². The first-order valence-corrected chi connectivity index (χ1v) is 6.87. The molecule has 0 spiro atoms. The van der Waals surface area contributed by atoms with Crippen LogP contribution in [0.4, 0.5) is 0 Å². The Kier molecular flexibility index (Phi) is 5.27. The van der Waals surface area contributed by atoms with Gasteiger partial charge in [-0.2, -0.15) is 0 Å². The number of ether oxygens (including phenoxy) is 1. The monoisotopic (exact) mass is 289 g/mol. The van der Waals surface area contributed by atoms with Crippen molar-refractivity contribution in [1.29, 1.82) is 0 Å². The summed E-state index contributed by atoms with van der Waals surface area (Å²) in [6.07, 6.45) is 1.26. The standard InChI is InChI=1S/C13H17Cl2NO2/c14-10-2-1-3-11(15)13(10)12(17)8-16-9-4-6-18-7-5-9/h1-3,9,12,16-17H,4-8H2. The lowest BCUT2D eigenvalue weighted by Gasteiger charge is -2.25. The van der Waals surface area contributed by atoms with E-state index in [9.17, 15) is 5.11 Å². The molecule has 0 saturated carbocycles. The van der Waals surface area contributed by atoms with E-state index in [0.717, 1.165) is 26.1 Å². The smallest absolute Gasteiger partial charge is 0.0943 e. The fraction of sp³-hybridized carbons (Fsp3) is 0.538. The lowest BCUT2D eigenvalue weighted by Crippen LogP contribution is -2.37. The molecule has 1 aliphatic heterocycles. The van der Waals surface area contributed by atoms with Gasteiger partial charge in [-0.25, -0.2) is 0 Å². The predicted molar refractivity (Wildman–Crippen MR) is 73.3 cm³/mol. The van der Waals surface area contributed by atoms with Gasteiger partial charge in [0.05, 0.1) is 6.10 Å². The summed E-state index contributed by atoms with van der Waals surface area (Å²) in [5.74, 6) is 0. The van der Waals surface area contributed by atoms with Gasteiger partial charge in [0, 0.05) is 41.4 Å². The highest BCUT2D eigenvalue weighted by Crippen LogP contribution is 2.29. The van der Waals surface area contributed by atoms with Gasteiger partial charge in [-0.3, -0.25) is 0 Å². The SMILES string of the molecule is OC(CNC1CCOCC1)c1c(Cl)cccc1Cl. The number of hydrogen-bond donors (Lipinski definition) is 2. The largest absolute Gasteiger partial charge is 0.387 e. The lowest BCUT2D eigenvalue weighted by molar-refractivity contribution is 0.0724. The summed E-state index contributed by atoms with van der Waals surface area (Å²) in [5, 5.41) is 14.5. The fourth-order valence-electron chi connectivity index (χ4n) is 2.11. The molecule has 100 valence electrons. The summed E-state index contributed by atoms with van der Waals surface area (Å²) in [4.78, 5) is 0. The maximum atomic E-state index is 10.2. The summed E-state index contributed by atoms with van der Waals surface area (Å²) >= 11 is 12.1. The number of benzene rings is 1. The molecule has 1 heterocycles. The van der Waals surface area contributed by atoms with E-state index in [4.69, 9.17) is 27.9 Å². The Balaban J connectivity index is 1.92. The Morgan fingerprint density at radius 1 is 1.28 bits per heavy atom. The van der Waals surface area contributed by atoms with Crippen molar-refractivity contribution >= 4 is 23.2 Å². The van der Waals surface area contributed by atoms with Crippen molar-refractivity contribution in [2.45, 2.75) is 25.0 Å². The van der Waals surface area contributed by atoms with Crippen LogP contribution >= 0.6 is 23.2 Å². The maximum absolute atomic E-state index is 10.2. The van der Waals surface area contributed by atoms with Crippen LogP contribution < -0.4 is 5.32 Å². The highest BCUT2D eigenvalue weighted by molar-refractivity contribution is 6.36. The number of aliphatic hydroxyl groups excluding tert-OH is 1. The Hall–Kier alpha value is -0.320. The zero-order chi connectivity index (χ0) is 13.0. The van der Waals surface area contributed by atoms with E-state index in [-0.39, 0.29) is 0 Å². The molecule has 1 fully saturated rings. The van der Waals surface area contributed by atoms with Gasteiger partial charge in [0.2, 0.25) is 0 Å². The van der Waals surface area contributed by atoms with E-state index >= 15 is 0 Å². The number of nitrogens with one attached hydrogen (secondary N) is 1. The predicted octanol–water partition coefficient (Wildman–Crippen LogP) is 2.80. The van der Waals surface area contributed by atoms with Crippen molar-refractivity contribution < 1.29 is 9.84 Å². The Morgan fingerprint density at radius 2 is 1.89 bits per heavy atom. The van der Waals surface area contributed by atoms with Gasteiger partial charge < -0.3 is 15.2 Å². The topological polar surface area (TPSA) is 41.5 Å². The van der Waals surface area contributed by atoms with Gasteiger partial charge in [0.25, 0.3) is 0 Å². The number of rotatable bonds is 4. The molecule has 18 heavy (non-hydrogen) atoms. The van der Waals surface area contributed by atoms with Gasteiger partial charge in [-0.15, -0.1) is 0 Å². The van der Waals surface area contributed by atoms with Crippen LogP contribution in [0.25, 0.3) is 0 Å². The molecule has 0 aromatic heterocycles. The van der Waals surface area contributed by atoms with Gasteiger partial charge in [-0.1, -0.05) is 29.3 Å². The highest BCUT2D eigenvalue weighted by atomic mass is 35.5. The molecule has 1 unspecified atom stereocenters. The highest BCUT2D eigenvalue weighted by Gasteiger charge is 2.18. The van der Waals surface area contributed by atoms with Gasteiger partial charge in [0.1, 0.15) is 0 Å². The molecule has 1 saturated heterocycles. The molecule has 0 radical (unpaired) electrons. The average molecular weight is 290 g/mol. The van der Waals surface area contributed by atoms with Crippen LogP contribution in [0.3, 0.4) is 0 Å². The zero-order valence-electron chi connectivity index (χ0n) is 10.0. The molecule has 1 atom stereocenters. The molecule has 5 heteroatoms. The van der Waals surface area contributed by atoms with E-state index in [1.807, 2.05) is 0 Å². The summed E-state index contributed by atoms with van der Waals surface area (Å²) in [7, 11) is 0. The first kappa shape index (κ1) is 14.1. The Bertz CT molecular complexity index is 374. The third-order valence-electron chi connectivity index (χ3n) is 3.15.